The predicted octanol–water partition coefficient (Wildman–Crippen LogP) is 2.39. The first-order valence-electron chi connectivity index (χ1n) is 10.6. The van der Waals surface area contributed by atoms with Crippen LogP contribution >= 0.6 is 0 Å². The van der Waals surface area contributed by atoms with Crippen molar-refractivity contribution in [2.24, 2.45) is 11.1 Å². The number of hydrogen-bond acceptors (Lipinski definition) is 5. The van der Waals surface area contributed by atoms with Gasteiger partial charge in [0.1, 0.15) is 17.8 Å². The number of pyridine rings is 1. The molecule has 0 unspecified atom stereocenters. The van der Waals surface area contributed by atoms with Crippen LogP contribution in [0.2, 0.25) is 0 Å². The molecule has 3 heterocycles. The van der Waals surface area contributed by atoms with Gasteiger partial charge in [-0.3, -0.25) is 15.2 Å². The summed E-state index contributed by atoms with van der Waals surface area (Å²) in [7, 11) is 0. The van der Waals surface area contributed by atoms with E-state index in [1.165, 1.54) is 5.56 Å². The van der Waals surface area contributed by atoms with E-state index in [0.29, 0.717) is 38.2 Å². The molecule has 1 aromatic heterocycles. The number of hydrogen-bond donors (Lipinski definition) is 3. The molecule has 0 radical (unpaired) electrons. The van der Waals surface area contributed by atoms with E-state index in [2.05, 4.69) is 16.0 Å². The van der Waals surface area contributed by atoms with Crippen molar-refractivity contribution in [3.8, 4) is 5.75 Å². The molecule has 0 spiro atoms. The number of carbonyl (C=O) groups is 1. The first-order chi connectivity index (χ1) is 14.9. The van der Waals surface area contributed by atoms with Crippen molar-refractivity contribution in [3.05, 3.63) is 53.3 Å². The molecule has 0 bridgehead atoms. The van der Waals surface area contributed by atoms with Crippen LogP contribution in [0.15, 0.2) is 36.7 Å². The van der Waals surface area contributed by atoms with Crippen LogP contribution in [-0.4, -0.2) is 53.2 Å². The third-order valence-electron chi connectivity index (χ3n) is 6.56. The van der Waals surface area contributed by atoms with Gasteiger partial charge in [-0.2, -0.15) is 0 Å². The summed E-state index contributed by atoms with van der Waals surface area (Å²) in [4.78, 5) is 20.3. The van der Waals surface area contributed by atoms with Gasteiger partial charge in [0, 0.05) is 44.3 Å². The number of aliphatic carboxylic acids is 1. The molecule has 2 aliphatic rings. The quantitative estimate of drug-likeness (QED) is 0.499. The van der Waals surface area contributed by atoms with Crippen molar-refractivity contribution in [1.29, 1.82) is 5.41 Å². The van der Waals surface area contributed by atoms with Crippen molar-refractivity contribution in [1.82, 2.24) is 9.88 Å². The van der Waals surface area contributed by atoms with Gasteiger partial charge in [0.25, 0.3) is 0 Å². The minimum atomic E-state index is -0.905. The number of fused-ring (bicyclic) bond motifs is 1. The number of rotatable bonds is 5. The number of piperidine rings is 1. The SMILES string of the molecule is Cc1cc2c(cc1OCC1(C(=O)O)CCN(c3ccncc3)CC1)CN(C(=N)N)CC2. The van der Waals surface area contributed by atoms with Crippen molar-refractivity contribution in [2.75, 3.05) is 31.1 Å². The summed E-state index contributed by atoms with van der Waals surface area (Å²) >= 11 is 0. The zero-order valence-corrected chi connectivity index (χ0v) is 17.8. The van der Waals surface area contributed by atoms with Crippen molar-refractivity contribution >= 4 is 17.6 Å². The van der Waals surface area contributed by atoms with Gasteiger partial charge in [-0.05, 0) is 61.1 Å². The second-order valence-electron chi connectivity index (χ2n) is 8.51. The zero-order valence-electron chi connectivity index (χ0n) is 17.8. The fourth-order valence-electron chi connectivity index (χ4n) is 4.45. The lowest BCUT2D eigenvalue weighted by Crippen LogP contribution is -2.47. The number of carboxylic acid groups (broad SMARTS) is 1. The Morgan fingerprint density at radius 3 is 2.58 bits per heavy atom. The maximum Gasteiger partial charge on any atom is 0.313 e. The Morgan fingerprint density at radius 1 is 1.23 bits per heavy atom. The number of ether oxygens (including phenoxy) is 1. The number of aryl methyl sites for hydroxylation is 1. The van der Waals surface area contributed by atoms with Gasteiger partial charge in [-0.15, -0.1) is 0 Å². The minimum absolute atomic E-state index is 0.0690. The summed E-state index contributed by atoms with van der Waals surface area (Å²) in [6.07, 6.45) is 5.38. The van der Waals surface area contributed by atoms with Crippen LogP contribution in [0.5, 0.6) is 5.75 Å². The van der Waals surface area contributed by atoms with E-state index < -0.39 is 11.4 Å². The number of carboxylic acids is 1. The highest BCUT2D eigenvalue weighted by molar-refractivity contribution is 5.76. The van der Waals surface area contributed by atoms with E-state index in [9.17, 15) is 9.90 Å². The number of aromatic nitrogens is 1. The Labute approximate surface area is 182 Å². The molecule has 4 N–H and O–H groups in total. The molecule has 8 heteroatoms. The second-order valence-corrected chi connectivity index (χ2v) is 8.51. The number of nitrogens with two attached hydrogens (primary N) is 1. The van der Waals surface area contributed by atoms with Crippen molar-refractivity contribution in [2.45, 2.75) is 32.7 Å². The smallest absolute Gasteiger partial charge is 0.313 e. The molecule has 0 atom stereocenters. The molecule has 2 aliphatic heterocycles. The Bertz CT molecular complexity index is 971. The maximum atomic E-state index is 12.2. The molecule has 31 heavy (non-hydrogen) atoms. The Morgan fingerprint density at radius 2 is 1.94 bits per heavy atom. The maximum absolute atomic E-state index is 12.2. The van der Waals surface area contributed by atoms with Crippen molar-refractivity contribution < 1.29 is 14.6 Å². The fraction of sp³-hybridized carbons (Fsp3) is 0.435. The molecular weight excluding hydrogens is 394 g/mol. The topological polar surface area (TPSA) is 116 Å². The predicted molar refractivity (Wildman–Crippen MR) is 118 cm³/mol. The summed E-state index contributed by atoms with van der Waals surface area (Å²) in [5.74, 6) is -0.0268. The summed E-state index contributed by atoms with van der Waals surface area (Å²) in [6.45, 7) is 4.77. The van der Waals surface area contributed by atoms with E-state index in [4.69, 9.17) is 15.9 Å². The minimum Gasteiger partial charge on any atom is -0.492 e. The lowest BCUT2D eigenvalue weighted by atomic mass is 9.79. The van der Waals surface area contributed by atoms with Gasteiger partial charge >= 0.3 is 5.97 Å². The molecule has 8 nitrogen and oxygen atoms in total. The molecule has 1 saturated heterocycles. The number of guanidine groups is 1. The fourth-order valence-corrected chi connectivity index (χ4v) is 4.45. The average Bonchev–Trinajstić information content (AvgIpc) is 2.78. The second kappa shape index (κ2) is 8.45. The summed E-state index contributed by atoms with van der Waals surface area (Å²) in [5, 5.41) is 17.7. The van der Waals surface area contributed by atoms with Gasteiger partial charge in [0.05, 0.1) is 0 Å². The molecular formula is C23H29N5O3. The first-order valence-corrected chi connectivity index (χ1v) is 10.6. The molecule has 1 fully saturated rings. The molecule has 2 aromatic rings. The van der Waals surface area contributed by atoms with Crippen LogP contribution < -0.4 is 15.4 Å². The van der Waals surface area contributed by atoms with E-state index in [0.717, 1.165) is 29.8 Å². The highest BCUT2D eigenvalue weighted by Gasteiger charge is 2.42. The molecule has 164 valence electrons. The first kappa shape index (κ1) is 21.0. The number of benzene rings is 1. The third-order valence-corrected chi connectivity index (χ3v) is 6.56. The number of nitrogens with one attached hydrogen (secondary N) is 1. The van der Waals surface area contributed by atoms with Crippen LogP contribution in [0, 0.1) is 17.7 Å². The zero-order chi connectivity index (χ0) is 22.0. The number of anilines is 1. The van der Waals surface area contributed by atoms with Gasteiger partial charge in [0.2, 0.25) is 0 Å². The molecule has 0 aliphatic carbocycles. The molecule has 1 aromatic carbocycles. The lowest BCUT2D eigenvalue weighted by Gasteiger charge is -2.39. The van der Waals surface area contributed by atoms with Crippen LogP contribution in [0.4, 0.5) is 5.69 Å². The average molecular weight is 424 g/mol. The van der Waals surface area contributed by atoms with Crippen LogP contribution in [0.3, 0.4) is 0 Å². The molecule has 0 amide bonds. The summed E-state index contributed by atoms with van der Waals surface area (Å²) in [6, 6.07) is 8.00. The van der Waals surface area contributed by atoms with Crippen LogP contribution in [0.25, 0.3) is 0 Å². The van der Waals surface area contributed by atoms with Crippen molar-refractivity contribution in [3.63, 3.8) is 0 Å². The third kappa shape index (κ3) is 4.28. The molecule has 4 rings (SSSR count). The number of nitrogens with zero attached hydrogens (tertiary/aromatic N) is 3. The lowest BCUT2D eigenvalue weighted by molar-refractivity contribution is -0.152. The van der Waals surface area contributed by atoms with E-state index in [1.807, 2.05) is 30.0 Å². The van der Waals surface area contributed by atoms with E-state index >= 15 is 0 Å². The van der Waals surface area contributed by atoms with E-state index in [-0.39, 0.29) is 12.6 Å². The molecule has 0 saturated carbocycles. The highest BCUT2D eigenvalue weighted by Crippen LogP contribution is 2.36. The monoisotopic (exact) mass is 423 g/mol. The Balaban J connectivity index is 1.46. The summed E-state index contributed by atoms with van der Waals surface area (Å²) < 4.78 is 6.13. The Hall–Kier alpha value is -3.29. The summed E-state index contributed by atoms with van der Waals surface area (Å²) in [5.41, 5.74) is 9.14. The Kier molecular flexibility index (Phi) is 5.71. The highest BCUT2D eigenvalue weighted by atomic mass is 16.5. The van der Waals surface area contributed by atoms with Gasteiger partial charge < -0.3 is 25.4 Å². The standard InChI is InChI=1S/C23H29N5O3/c1-16-12-17-4-9-28(22(24)25)14-18(17)13-20(16)31-15-23(21(29)30)5-10-27(11-6-23)19-2-7-26-8-3-19/h2-3,7-8,12-13H,4-6,9-11,14-15H2,1H3,(H3,24,25)(H,29,30). The van der Waals surface area contributed by atoms with Gasteiger partial charge in [-0.25, -0.2) is 0 Å². The van der Waals surface area contributed by atoms with Crippen LogP contribution in [0.1, 0.15) is 29.5 Å². The van der Waals surface area contributed by atoms with E-state index in [1.54, 1.807) is 12.4 Å². The van der Waals surface area contributed by atoms with Gasteiger partial charge in [-0.1, -0.05) is 6.07 Å². The van der Waals surface area contributed by atoms with Crippen LogP contribution in [-0.2, 0) is 17.8 Å². The van der Waals surface area contributed by atoms with Gasteiger partial charge in [0.15, 0.2) is 5.96 Å². The normalized spacial score (nSPS) is 17.7. The largest absolute Gasteiger partial charge is 0.492 e.